The number of hydrogen-bond donors (Lipinski definition) is 1. The van der Waals surface area contributed by atoms with Gasteiger partial charge < -0.3 is 24.4 Å². The lowest BCUT2D eigenvalue weighted by atomic mass is 10.0. The van der Waals surface area contributed by atoms with E-state index < -0.39 is 18.3 Å². The van der Waals surface area contributed by atoms with Gasteiger partial charge in [-0.25, -0.2) is 14.0 Å². The molecule has 2 saturated heterocycles. The maximum atomic E-state index is 15.0. The molecule has 5 rings (SSSR count). The van der Waals surface area contributed by atoms with Crippen molar-refractivity contribution < 1.29 is 28.2 Å². The summed E-state index contributed by atoms with van der Waals surface area (Å²) in [5, 5.41) is 2.56. The molecule has 0 aromatic heterocycles. The van der Waals surface area contributed by atoms with Crippen molar-refractivity contribution in [2.45, 2.75) is 37.5 Å². The van der Waals surface area contributed by atoms with Crippen LogP contribution in [-0.2, 0) is 15.9 Å². The minimum absolute atomic E-state index is 0.132. The second kappa shape index (κ2) is 5.90. The second-order valence-electron chi connectivity index (χ2n) is 7.27. The number of rotatable bonds is 2. The van der Waals surface area contributed by atoms with Crippen LogP contribution < -0.4 is 19.9 Å². The largest absolute Gasteiger partial charge is 0.489 e. The fourth-order valence-electron chi connectivity index (χ4n) is 4.67. The van der Waals surface area contributed by atoms with Crippen LogP contribution in [0.1, 0.15) is 18.4 Å². The first-order valence-electron chi connectivity index (χ1n) is 9.15. The average molecular weight is 377 g/mol. The topological polar surface area (TPSA) is 80.3 Å². The molecule has 8 nitrogen and oxygen atoms in total. The van der Waals surface area contributed by atoms with Crippen molar-refractivity contribution in [3.05, 3.63) is 17.4 Å². The van der Waals surface area contributed by atoms with Crippen LogP contribution in [0.3, 0.4) is 0 Å². The fraction of sp³-hybridized carbons (Fsp3) is 0.556. The Morgan fingerprint density at radius 1 is 1.48 bits per heavy atom. The van der Waals surface area contributed by atoms with E-state index in [0.717, 1.165) is 24.9 Å². The van der Waals surface area contributed by atoms with Crippen LogP contribution in [0, 0.1) is 5.82 Å². The summed E-state index contributed by atoms with van der Waals surface area (Å²) < 4.78 is 30.9. The van der Waals surface area contributed by atoms with Crippen LogP contribution >= 0.6 is 0 Å². The number of alkyl carbamates (subject to hydrolysis) is 1. The number of fused-ring (bicyclic) bond motifs is 7. The van der Waals surface area contributed by atoms with Crippen molar-refractivity contribution in [3.63, 3.8) is 0 Å². The Hall–Kier alpha value is -2.71. The highest BCUT2D eigenvalue weighted by Crippen LogP contribution is 2.51. The minimum atomic E-state index is -0.591. The number of nitrogens with zero attached hydrogens (tertiary/aromatic N) is 2. The van der Waals surface area contributed by atoms with Crippen molar-refractivity contribution in [1.82, 2.24) is 5.32 Å². The Bertz CT molecular complexity index is 832. The van der Waals surface area contributed by atoms with E-state index in [-0.39, 0.29) is 24.4 Å². The van der Waals surface area contributed by atoms with Crippen LogP contribution in [0.4, 0.5) is 25.4 Å². The summed E-state index contributed by atoms with van der Waals surface area (Å²) >= 11 is 0. The summed E-state index contributed by atoms with van der Waals surface area (Å²) in [6.07, 6.45) is 0.850. The highest BCUT2D eigenvalue weighted by atomic mass is 19.1. The van der Waals surface area contributed by atoms with Crippen molar-refractivity contribution in [3.8, 4) is 5.75 Å². The molecule has 1 unspecified atom stereocenters. The third-order valence-electron chi connectivity index (χ3n) is 5.89. The molecular weight excluding hydrogens is 357 g/mol. The quantitative estimate of drug-likeness (QED) is 0.847. The first-order valence-corrected chi connectivity index (χ1v) is 9.15. The second-order valence-corrected chi connectivity index (χ2v) is 7.27. The van der Waals surface area contributed by atoms with Gasteiger partial charge in [0.1, 0.15) is 18.4 Å². The van der Waals surface area contributed by atoms with Gasteiger partial charge in [0, 0.05) is 24.6 Å². The zero-order chi connectivity index (χ0) is 18.7. The number of cyclic esters (lactones) is 1. The third kappa shape index (κ3) is 2.33. The lowest BCUT2D eigenvalue weighted by molar-refractivity contribution is 0.123. The van der Waals surface area contributed by atoms with Gasteiger partial charge in [-0.3, -0.25) is 4.90 Å². The molecule has 0 aliphatic carbocycles. The fourth-order valence-corrected chi connectivity index (χ4v) is 4.67. The summed E-state index contributed by atoms with van der Waals surface area (Å²) in [6.45, 7) is 1.48. The molecule has 27 heavy (non-hydrogen) atoms. The number of nitrogens with one attached hydrogen (secondary N) is 1. The van der Waals surface area contributed by atoms with Crippen LogP contribution in [-0.4, -0.2) is 57.2 Å². The lowest BCUT2D eigenvalue weighted by Crippen LogP contribution is -2.40. The molecule has 9 heteroatoms. The number of hydrogen-bond acceptors (Lipinski definition) is 6. The summed E-state index contributed by atoms with van der Waals surface area (Å²) in [5.41, 5.74) is 1.85. The van der Waals surface area contributed by atoms with E-state index >= 15 is 0 Å². The van der Waals surface area contributed by atoms with E-state index in [1.807, 2.05) is 0 Å². The Balaban J connectivity index is 1.48. The summed E-state index contributed by atoms with van der Waals surface area (Å²) in [7, 11) is 1.27. The van der Waals surface area contributed by atoms with Crippen molar-refractivity contribution in [2.24, 2.45) is 0 Å². The van der Waals surface area contributed by atoms with E-state index in [1.54, 1.807) is 0 Å². The Morgan fingerprint density at radius 3 is 3.15 bits per heavy atom. The predicted molar refractivity (Wildman–Crippen MR) is 92.9 cm³/mol. The van der Waals surface area contributed by atoms with Crippen molar-refractivity contribution in [1.29, 1.82) is 0 Å². The summed E-state index contributed by atoms with van der Waals surface area (Å²) in [5.74, 6) is 0.171. The number of ether oxygens (including phenoxy) is 3. The highest BCUT2D eigenvalue weighted by Gasteiger charge is 2.50. The minimum Gasteiger partial charge on any atom is -0.489 e. The Morgan fingerprint density at radius 2 is 2.33 bits per heavy atom. The first-order chi connectivity index (χ1) is 13.1. The standard InChI is InChI=1S/C18H20FN3O5/c1-25-17(23)20-7-14-13-5-10-12(22(13)18(24)27-14)6-11(19)15-16(10)26-8-9-3-2-4-21(9)15/h6,9,13-14H,2-5,7-8H2,1H3,(H,20,23)/t9?,13-,14-/m0/s1. The van der Waals surface area contributed by atoms with E-state index in [0.29, 0.717) is 30.2 Å². The van der Waals surface area contributed by atoms with E-state index in [9.17, 15) is 14.0 Å². The Kier molecular flexibility index (Phi) is 3.60. The zero-order valence-electron chi connectivity index (χ0n) is 14.9. The van der Waals surface area contributed by atoms with Gasteiger partial charge in [-0.15, -0.1) is 0 Å². The Labute approximate surface area is 155 Å². The predicted octanol–water partition coefficient (Wildman–Crippen LogP) is 1.79. The molecule has 144 valence electrons. The smallest absolute Gasteiger partial charge is 0.415 e. The van der Waals surface area contributed by atoms with Crippen LogP contribution in [0.25, 0.3) is 0 Å². The van der Waals surface area contributed by atoms with Gasteiger partial charge in [0.05, 0.1) is 31.4 Å². The number of amides is 2. The van der Waals surface area contributed by atoms with Gasteiger partial charge in [-0.1, -0.05) is 0 Å². The monoisotopic (exact) mass is 377 g/mol. The van der Waals surface area contributed by atoms with E-state index in [4.69, 9.17) is 9.47 Å². The molecule has 4 aliphatic rings. The number of anilines is 2. The van der Waals surface area contributed by atoms with E-state index in [2.05, 4.69) is 15.0 Å². The van der Waals surface area contributed by atoms with Gasteiger partial charge in [0.2, 0.25) is 0 Å². The molecule has 0 radical (unpaired) electrons. The van der Waals surface area contributed by atoms with Crippen LogP contribution in [0.5, 0.6) is 5.75 Å². The zero-order valence-corrected chi connectivity index (χ0v) is 14.9. The first kappa shape index (κ1) is 16.5. The number of carbonyl (C=O) groups excluding carboxylic acids is 2. The van der Waals surface area contributed by atoms with Crippen LogP contribution in [0.2, 0.25) is 0 Å². The molecule has 1 aromatic carbocycles. The SMILES string of the molecule is COC(=O)NC[C@@H]1OC(=O)N2c3cc(F)c4c(c3C[C@@H]12)OCC1CCCN41. The molecule has 2 fully saturated rings. The van der Waals surface area contributed by atoms with Gasteiger partial charge in [0.15, 0.2) is 11.6 Å². The number of benzene rings is 1. The summed E-state index contributed by atoms with van der Waals surface area (Å²) in [4.78, 5) is 27.3. The molecular formula is C18H20FN3O5. The van der Waals surface area contributed by atoms with Crippen molar-refractivity contribution in [2.75, 3.05) is 36.6 Å². The number of halogens is 1. The molecule has 0 bridgehead atoms. The molecule has 0 saturated carbocycles. The summed E-state index contributed by atoms with van der Waals surface area (Å²) in [6, 6.07) is 1.32. The highest BCUT2D eigenvalue weighted by molar-refractivity contribution is 5.95. The molecule has 1 N–H and O–H groups in total. The van der Waals surface area contributed by atoms with Gasteiger partial charge in [-0.05, 0) is 12.8 Å². The number of carbonyl (C=O) groups is 2. The normalized spacial score (nSPS) is 27.3. The van der Waals surface area contributed by atoms with Gasteiger partial charge >= 0.3 is 12.2 Å². The average Bonchev–Trinajstić information content (AvgIpc) is 3.35. The van der Waals surface area contributed by atoms with Crippen LogP contribution in [0.15, 0.2) is 6.07 Å². The third-order valence-corrected chi connectivity index (χ3v) is 5.89. The lowest BCUT2D eigenvalue weighted by Gasteiger charge is -2.35. The maximum Gasteiger partial charge on any atom is 0.415 e. The molecule has 0 spiro atoms. The molecule has 3 atom stereocenters. The maximum absolute atomic E-state index is 15.0. The van der Waals surface area contributed by atoms with Gasteiger partial charge in [0.25, 0.3) is 0 Å². The van der Waals surface area contributed by atoms with Crippen molar-refractivity contribution >= 4 is 23.6 Å². The molecule has 4 heterocycles. The molecule has 2 amide bonds. The molecule has 1 aromatic rings. The molecule has 4 aliphatic heterocycles. The van der Waals surface area contributed by atoms with Gasteiger partial charge in [-0.2, -0.15) is 0 Å². The number of methoxy groups -OCH3 is 1. The van der Waals surface area contributed by atoms with E-state index in [1.165, 1.54) is 18.1 Å².